The van der Waals surface area contributed by atoms with Gasteiger partial charge in [-0.2, -0.15) is 5.10 Å². The van der Waals surface area contributed by atoms with Crippen LogP contribution in [0.25, 0.3) is 21.3 Å². The van der Waals surface area contributed by atoms with Crippen molar-refractivity contribution in [3.8, 4) is 10.4 Å². The summed E-state index contributed by atoms with van der Waals surface area (Å²) in [6, 6.07) is 10.9. The van der Waals surface area contributed by atoms with Crippen molar-refractivity contribution in [2.24, 2.45) is 18.9 Å². The number of benzene rings is 1. The van der Waals surface area contributed by atoms with Crippen molar-refractivity contribution in [2.75, 3.05) is 6.54 Å². The molecule has 3 aliphatic rings. The molecule has 0 spiro atoms. The molecule has 2 saturated carbocycles. The lowest BCUT2D eigenvalue weighted by Crippen LogP contribution is -2.55. The number of carboxylic acids is 1. The van der Waals surface area contributed by atoms with Gasteiger partial charge in [-0.15, -0.1) is 11.3 Å². The second-order valence-corrected chi connectivity index (χ2v) is 11.5. The molecular formula is C27H33N3O3S. The Bertz CT molecular complexity index is 1200. The summed E-state index contributed by atoms with van der Waals surface area (Å²) in [4.78, 5) is 15.4. The Morgan fingerprint density at radius 2 is 2.06 bits per heavy atom. The van der Waals surface area contributed by atoms with Crippen molar-refractivity contribution < 1.29 is 15.0 Å². The van der Waals surface area contributed by atoms with Crippen LogP contribution in [0.3, 0.4) is 0 Å². The van der Waals surface area contributed by atoms with Crippen molar-refractivity contribution in [3.05, 3.63) is 41.4 Å². The average Bonchev–Trinajstić information content (AvgIpc) is 3.25. The van der Waals surface area contributed by atoms with Crippen LogP contribution in [-0.2, 0) is 17.3 Å². The third kappa shape index (κ3) is 3.60. The van der Waals surface area contributed by atoms with Crippen LogP contribution in [0.15, 0.2) is 35.7 Å². The number of hydrogen-bond donors (Lipinski definition) is 2. The normalized spacial score (nSPS) is 27.4. The number of likely N-dealkylation sites (tertiary alicyclic amines) is 1. The van der Waals surface area contributed by atoms with Crippen molar-refractivity contribution in [2.45, 2.75) is 69.1 Å². The zero-order valence-electron chi connectivity index (χ0n) is 19.7. The van der Waals surface area contributed by atoms with E-state index >= 15 is 0 Å². The number of aromatic nitrogens is 2. The summed E-state index contributed by atoms with van der Waals surface area (Å²) in [6.45, 7) is 0.855. The zero-order chi connectivity index (χ0) is 23.4. The summed E-state index contributed by atoms with van der Waals surface area (Å²) < 4.78 is 1.99. The third-order valence-corrected chi connectivity index (χ3v) is 9.60. The van der Waals surface area contributed by atoms with Gasteiger partial charge in [0.05, 0.1) is 17.1 Å². The summed E-state index contributed by atoms with van der Waals surface area (Å²) in [7, 11) is 2.01. The van der Waals surface area contributed by atoms with E-state index < -0.39 is 12.2 Å². The van der Waals surface area contributed by atoms with Crippen LogP contribution in [0.4, 0.5) is 0 Å². The maximum atomic E-state index is 11.9. The predicted octanol–water partition coefficient (Wildman–Crippen LogP) is 5.01. The largest absolute Gasteiger partial charge is 0.481 e. The van der Waals surface area contributed by atoms with Crippen LogP contribution in [0.1, 0.15) is 57.1 Å². The fraction of sp³-hybridized carbons (Fsp3) is 0.556. The lowest BCUT2D eigenvalue weighted by molar-refractivity contribution is -0.151. The first kappa shape index (κ1) is 22.3. The SMILES string of the molecule is Cn1nc(C2(CC(O)N3CCCC4C(C(=O)O)CCCC43)CC2)c2c(-c3cccs3)cccc21. The molecular weight excluding hydrogens is 446 g/mol. The molecule has 6 nitrogen and oxygen atoms in total. The van der Waals surface area contributed by atoms with Crippen LogP contribution < -0.4 is 0 Å². The Morgan fingerprint density at radius 3 is 2.79 bits per heavy atom. The Morgan fingerprint density at radius 1 is 1.21 bits per heavy atom. The maximum Gasteiger partial charge on any atom is 0.306 e. The summed E-state index contributed by atoms with van der Waals surface area (Å²) >= 11 is 1.75. The minimum atomic E-state index is -0.661. The van der Waals surface area contributed by atoms with E-state index in [9.17, 15) is 15.0 Å². The molecule has 6 rings (SSSR count). The van der Waals surface area contributed by atoms with Crippen LogP contribution in [0, 0.1) is 11.8 Å². The quantitative estimate of drug-likeness (QED) is 0.520. The second kappa shape index (κ2) is 8.47. The van der Waals surface area contributed by atoms with Gasteiger partial charge in [0.25, 0.3) is 0 Å². The molecule has 2 aliphatic carbocycles. The number of hydrogen-bond acceptors (Lipinski definition) is 5. The number of piperidine rings is 1. The molecule has 0 bridgehead atoms. The monoisotopic (exact) mass is 479 g/mol. The van der Waals surface area contributed by atoms with E-state index in [4.69, 9.17) is 5.10 Å². The smallest absolute Gasteiger partial charge is 0.306 e. The first-order chi connectivity index (χ1) is 16.5. The number of thiophene rings is 1. The fourth-order valence-electron chi connectivity index (χ4n) is 6.88. The van der Waals surface area contributed by atoms with Gasteiger partial charge in [0.1, 0.15) is 6.23 Å². The molecule has 4 atom stereocenters. The van der Waals surface area contributed by atoms with E-state index in [1.165, 1.54) is 15.8 Å². The Hall–Kier alpha value is -2.22. The number of rotatable bonds is 6. The molecule has 1 saturated heterocycles. The van der Waals surface area contributed by atoms with E-state index in [-0.39, 0.29) is 23.3 Å². The second-order valence-electron chi connectivity index (χ2n) is 10.6. The summed E-state index contributed by atoms with van der Waals surface area (Å²) in [5, 5.41) is 29.7. The molecule has 2 N–H and O–H groups in total. The Kier molecular flexibility index (Phi) is 5.54. The number of aryl methyl sites for hydroxylation is 1. The molecule has 0 amide bonds. The van der Waals surface area contributed by atoms with Crippen LogP contribution in [0.2, 0.25) is 0 Å². The van der Waals surface area contributed by atoms with Crippen LogP contribution in [0.5, 0.6) is 0 Å². The molecule has 3 heterocycles. The molecule has 7 heteroatoms. The fourth-order valence-corrected chi connectivity index (χ4v) is 7.63. The predicted molar refractivity (Wildman–Crippen MR) is 134 cm³/mol. The number of aliphatic hydroxyl groups is 1. The van der Waals surface area contributed by atoms with Gasteiger partial charge in [0.15, 0.2) is 0 Å². The molecule has 4 unspecified atom stereocenters. The number of aliphatic hydroxyl groups excluding tert-OH is 1. The lowest BCUT2D eigenvalue weighted by atomic mass is 9.71. The zero-order valence-corrected chi connectivity index (χ0v) is 20.5. The van der Waals surface area contributed by atoms with Crippen LogP contribution in [-0.4, -0.2) is 49.7 Å². The molecule has 1 aliphatic heterocycles. The van der Waals surface area contributed by atoms with Gasteiger partial charge in [0, 0.05) is 40.9 Å². The highest BCUT2D eigenvalue weighted by Gasteiger charge is 2.51. The summed E-state index contributed by atoms with van der Waals surface area (Å²) in [6.07, 6.45) is 6.80. The van der Waals surface area contributed by atoms with E-state index in [0.29, 0.717) is 6.42 Å². The highest BCUT2D eigenvalue weighted by Crippen LogP contribution is 2.55. The van der Waals surface area contributed by atoms with E-state index in [1.807, 2.05) is 11.7 Å². The Balaban J connectivity index is 1.31. The standard InChI is InChI=1S/C27H33N3O3S/c1-29-21-10-3-7-19(22-11-5-15-34-22)24(21)25(28-29)27(12-13-27)16-23(31)30-14-4-8-17-18(26(32)33)6-2-9-20(17)30/h3,5,7,10-11,15,17-18,20,23,31H,2,4,6,8-9,12-14,16H2,1H3,(H,32,33). The molecule has 3 fully saturated rings. The maximum absolute atomic E-state index is 11.9. The molecule has 2 aromatic heterocycles. The Labute approximate surface area is 204 Å². The van der Waals surface area contributed by atoms with E-state index in [1.54, 1.807) is 11.3 Å². The van der Waals surface area contributed by atoms with Gasteiger partial charge < -0.3 is 10.2 Å². The first-order valence-electron chi connectivity index (χ1n) is 12.7. The minimum Gasteiger partial charge on any atom is -0.481 e. The van der Waals surface area contributed by atoms with Gasteiger partial charge >= 0.3 is 5.97 Å². The van der Waals surface area contributed by atoms with E-state index in [2.05, 4.69) is 40.6 Å². The van der Waals surface area contributed by atoms with Gasteiger partial charge in [-0.05, 0) is 68.4 Å². The van der Waals surface area contributed by atoms with Gasteiger partial charge in [-0.3, -0.25) is 14.4 Å². The molecule has 180 valence electrons. The number of nitrogens with zero attached hydrogens (tertiary/aromatic N) is 3. The first-order valence-corrected chi connectivity index (χ1v) is 13.5. The molecule has 34 heavy (non-hydrogen) atoms. The lowest BCUT2D eigenvalue weighted by Gasteiger charge is -2.48. The summed E-state index contributed by atoms with van der Waals surface area (Å²) in [5.41, 5.74) is 3.37. The van der Waals surface area contributed by atoms with Gasteiger partial charge in [-0.25, -0.2) is 0 Å². The van der Waals surface area contributed by atoms with Crippen molar-refractivity contribution in [1.82, 2.24) is 14.7 Å². The highest BCUT2D eigenvalue weighted by molar-refractivity contribution is 7.13. The topological polar surface area (TPSA) is 78.6 Å². The van der Waals surface area contributed by atoms with E-state index in [0.717, 1.165) is 62.7 Å². The summed E-state index contributed by atoms with van der Waals surface area (Å²) in [5.74, 6) is -0.770. The third-order valence-electron chi connectivity index (χ3n) is 8.70. The van der Waals surface area contributed by atoms with Crippen LogP contribution >= 0.6 is 11.3 Å². The van der Waals surface area contributed by atoms with Crippen molar-refractivity contribution >= 4 is 28.2 Å². The number of fused-ring (bicyclic) bond motifs is 2. The molecule has 1 aromatic carbocycles. The van der Waals surface area contributed by atoms with Crippen molar-refractivity contribution in [3.63, 3.8) is 0 Å². The molecule has 0 radical (unpaired) electrons. The highest BCUT2D eigenvalue weighted by atomic mass is 32.1. The molecule has 3 aromatic rings. The average molecular weight is 480 g/mol. The number of carboxylic acid groups (broad SMARTS) is 1. The number of aliphatic carboxylic acids is 1. The van der Waals surface area contributed by atoms with Gasteiger partial charge in [-0.1, -0.05) is 24.6 Å². The number of carbonyl (C=O) groups is 1. The minimum absolute atomic E-state index is 0.111. The van der Waals surface area contributed by atoms with Crippen molar-refractivity contribution in [1.29, 1.82) is 0 Å². The van der Waals surface area contributed by atoms with Gasteiger partial charge in [0.2, 0.25) is 0 Å².